The molecule has 1 unspecified atom stereocenters. The number of benzene rings is 1. The normalized spacial score (nSPS) is 12.6. The Bertz CT molecular complexity index is 545. The molecule has 0 radical (unpaired) electrons. The van der Waals surface area contributed by atoms with Crippen molar-refractivity contribution < 1.29 is 0 Å². The summed E-state index contributed by atoms with van der Waals surface area (Å²) >= 11 is 0. The second-order valence-corrected chi connectivity index (χ2v) is 5.82. The minimum absolute atomic E-state index is 0.128. The van der Waals surface area contributed by atoms with Gasteiger partial charge in [-0.2, -0.15) is 5.26 Å². The first-order chi connectivity index (χ1) is 10.1. The van der Waals surface area contributed by atoms with Crippen molar-refractivity contribution in [2.45, 2.75) is 26.3 Å². The summed E-state index contributed by atoms with van der Waals surface area (Å²) in [6.07, 6.45) is 4.44. The molecule has 0 aliphatic carbocycles. The molecule has 0 fully saturated rings. The highest BCUT2D eigenvalue weighted by molar-refractivity contribution is 5.30. The van der Waals surface area contributed by atoms with Crippen molar-refractivity contribution in [3.05, 3.63) is 66.0 Å². The van der Waals surface area contributed by atoms with Crippen LogP contribution in [0.15, 0.2) is 54.9 Å². The third kappa shape index (κ3) is 4.40. The average Bonchev–Trinajstić information content (AvgIpc) is 2.53. The highest BCUT2D eigenvalue weighted by Gasteiger charge is 2.18. The van der Waals surface area contributed by atoms with Crippen molar-refractivity contribution in [1.29, 1.82) is 5.26 Å². The van der Waals surface area contributed by atoms with Gasteiger partial charge in [-0.05, 0) is 50.1 Å². The van der Waals surface area contributed by atoms with Gasteiger partial charge in [0.1, 0.15) is 0 Å². The highest BCUT2D eigenvalue weighted by atomic mass is 14.9. The van der Waals surface area contributed by atoms with Gasteiger partial charge >= 0.3 is 0 Å². The van der Waals surface area contributed by atoms with Gasteiger partial charge in [-0.25, -0.2) is 0 Å². The Morgan fingerprint density at radius 1 is 1.10 bits per heavy atom. The van der Waals surface area contributed by atoms with E-state index in [1.54, 1.807) is 0 Å². The van der Waals surface area contributed by atoms with Crippen LogP contribution in [0.3, 0.4) is 0 Å². The topological polar surface area (TPSA) is 48.7 Å². The summed E-state index contributed by atoms with van der Waals surface area (Å²) in [6, 6.07) is 16.9. The van der Waals surface area contributed by atoms with E-state index in [0.29, 0.717) is 0 Å². The number of hydrogen-bond acceptors (Lipinski definition) is 3. The molecule has 0 spiro atoms. The summed E-state index contributed by atoms with van der Waals surface area (Å²) in [5, 5.41) is 12.7. The van der Waals surface area contributed by atoms with E-state index in [2.05, 4.69) is 28.5 Å². The molecule has 21 heavy (non-hydrogen) atoms. The Morgan fingerprint density at radius 3 is 2.33 bits per heavy atom. The predicted octanol–water partition coefficient (Wildman–Crippen LogP) is 3.70. The first-order valence-corrected chi connectivity index (χ1v) is 7.22. The fourth-order valence-corrected chi connectivity index (χ4v) is 2.21. The van der Waals surface area contributed by atoms with Crippen LogP contribution in [0.2, 0.25) is 0 Å². The summed E-state index contributed by atoms with van der Waals surface area (Å²) in [4.78, 5) is 4.08. The van der Waals surface area contributed by atoms with E-state index < -0.39 is 0 Å². The van der Waals surface area contributed by atoms with Gasteiger partial charge in [0.15, 0.2) is 0 Å². The van der Waals surface area contributed by atoms with E-state index in [0.717, 1.165) is 13.0 Å². The van der Waals surface area contributed by atoms with E-state index in [9.17, 15) is 0 Å². The summed E-state index contributed by atoms with van der Waals surface area (Å²) in [5.74, 6) is 0. The quantitative estimate of drug-likeness (QED) is 0.877. The van der Waals surface area contributed by atoms with E-state index in [4.69, 9.17) is 5.26 Å². The van der Waals surface area contributed by atoms with E-state index in [1.165, 1.54) is 11.1 Å². The lowest BCUT2D eigenvalue weighted by Gasteiger charge is -2.22. The van der Waals surface area contributed by atoms with Gasteiger partial charge in [0.2, 0.25) is 0 Å². The fraction of sp³-hybridized carbons (Fsp3) is 0.333. The second-order valence-electron chi connectivity index (χ2n) is 5.82. The van der Waals surface area contributed by atoms with Gasteiger partial charge in [0.25, 0.3) is 0 Å². The molecule has 1 atom stereocenters. The summed E-state index contributed by atoms with van der Waals surface area (Å²) in [5.41, 5.74) is 2.11. The minimum Gasteiger partial charge on any atom is -0.306 e. The van der Waals surface area contributed by atoms with Crippen molar-refractivity contribution in [2.24, 2.45) is 5.41 Å². The molecule has 0 aliphatic rings. The standard InChI is InChI=1S/C18H21N3/c1-18(2,14-19)10-13-21-17(15-6-4-3-5-7-15)16-8-11-20-12-9-16/h3-9,11-12,17,21H,10,13H2,1-2H3. The van der Waals surface area contributed by atoms with Gasteiger partial charge in [0.05, 0.1) is 17.5 Å². The van der Waals surface area contributed by atoms with Gasteiger partial charge in [-0.3, -0.25) is 4.98 Å². The molecule has 0 amide bonds. The fourth-order valence-electron chi connectivity index (χ4n) is 2.21. The smallest absolute Gasteiger partial charge is 0.0684 e. The van der Waals surface area contributed by atoms with Crippen LogP contribution in [0.4, 0.5) is 0 Å². The molecule has 3 nitrogen and oxygen atoms in total. The molecule has 108 valence electrons. The lowest BCUT2D eigenvalue weighted by molar-refractivity contribution is 0.422. The number of nitrogens with one attached hydrogen (secondary N) is 1. The number of hydrogen-bond donors (Lipinski definition) is 1. The van der Waals surface area contributed by atoms with Crippen LogP contribution in [-0.2, 0) is 0 Å². The lowest BCUT2D eigenvalue weighted by Crippen LogP contribution is -2.26. The molecule has 1 aromatic carbocycles. The number of rotatable bonds is 6. The molecular weight excluding hydrogens is 258 g/mol. The average molecular weight is 279 g/mol. The third-order valence-electron chi connectivity index (χ3n) is 3.57. The van der Waals surface area contributed by atoms with Gasteiger partial charge < -0.3 is 5.32 Å². The van der Waals surface area contributed by atoms with Gasteiger partial charge in [-0.15, -0.1) is 0 Å². The molecule has 2 aromatic rings. The van der Waals surface area contributed by atoms with E-state index >= 15 is 0 Å². The highest BCUT2D eigenvalue weighted by Crippen LogP contribution is 2.23. The maximum Gasteiger partial charge on any atom is 0.0684 e. The Balaban J connectivity index is 2.13. The molecule has 1 N–H and O–H groups in total. The van der Waals surface area contributed by atoms with Crippen molar-refractivity contribution >= 4 is 0 Å². The monoisotopic (exact) mass is 279 g/mol. The van der Waals surface area contributed by atoms with Crippen LogP contribution in [0.5, 0.6) is 0 Å². The molecule has 0 aliphatic heterocycles. The maximum atomic E-state index is 9.11. The number of nitrogens with zero attached hydrogens (tertiary/aromatic N) is 2. The van der Waals surface area contributed by atoms with Crippen LogP contribution in [0.1, 0.15) is 37.4 Å². The van der Waals surface area contributed by atoms with Gasteiger partial charge in [0, 0.05) is 12.4 Å². The van der Waals surface area contributed by atoms with E-state index in [-0.39, 0.29) is 11.5 Å². The van der Waals surface area contributed by atoms with Crippen molar-refractivity contribution in [3.63, 3.8) is 0 Å². The van der Waals surface area contributed by atoms with Crippen molar-refractivity contribution in [2.75, 3.05) is 6.54 Å². The Hall–Kier alpha value is -2.18. The maximum absolute atomic E-state index is 9.11. The zero-order valence-electron chi connectivity index (χ0n) is 12.6. The van der Waals surface area contributed by atoms with Crippen LogP contribution < -0.4 is 5.32 Å². The largest absolute Gasteiger partial charge is 0.306 e. The molecular formula is C18H21N3. The molecule has 2 rings (SSSR count). The Labute approximate surface area is 126 Å². The molecule has 0 saturated heterocycles. The zero-order valence-corrected chi connectivity index (χ0v) is 12.6. The summed E-state index contributed by atoms with van der Waals surface area (Å²) < 4.78 is 0. The molecule has 1 aromatic heterocycles. The molecule has 0 bridgehead atoms. The van der Waals surface area contributed by atoms with Crippen LogP contribution in [-0.4, -0.2) is 11.5 Å². The first-order valence-electron chi connectivity index (χ1n) is 7.22. The molecule has 3 heteroatoms. The number of nitriles is 1. The van der Waals surface area contributed by atoms with E-state index in [1.807, 2.05) is 56.6 Å². The van der Waals surface area contributed by atoms with Crippen molar-refractivity contribution in [3.8, 4) is 6.07 Å². The molecule has 1 heterocycles. The number of pyridine rings is 1. The van der Waals surface area contributed by atoms with Crippen LogP contribution in [0.25, 0.3) is 0 Å². The predicted molar refractivity (Wildman–Crippen MR) is 84.5 cm³/mol. The molecule has 0 saturated carbocycles. The SMILES string of the molecule is CC(C)(C#N)CCNC(c1ccccc1)c1ccncc1. The second kappa shape index (κ2) is 7.01. The minimum atomic E-state index is -0.299. The Morgan fingerprint density at radius 2 is 1.71 bits per heavy atom. The summed E-state index contributed by atoms with van der Waals surface area (Å²) in [7, 11) is 0. The van der Waals surface area contributed by atoms with Crippen molar-refractivity contribution in [1.82, 2.24) is 10.3 Å². The third-order valence-corrected chi connectivity index (χ3v) is 3.57. The zero-order chi connectivity index (χ0) is 15.1. The van der Waals surface area contributed by atoms with Gasteiger partial charge in [-0.1, -0.05) is 30.3 Å². The van der Waals surface area contributed by atoms with Crippen LogP contribution >= 0.6 is 0 Å². The lowest BCUT2D eigenvalue weighted by atomic mass is 9.91. The Kier molecular flexibility index (Phi) is 5.08. The number of aromatic nitrogens is 1. The first kappa shape index (κ1) is 15.2. The summed E-state index contributed by atoms with van der Waals surface area (Å²) in [6.45, 7) is 4.74. The van der Waals surface area contributed by atoms with Crippen LogP contribution in [0, 0.1) is 16.7 Å².